The van der Waals surface area contributed by atoms with Crippen molar-refractivity contribution in [1.82, 2.24) is 0 Å². The van der Waals surface area contributed by atoms with Crippen LogP contribution in [0.5, 0.6) is 0 Å². The molecule has 15 heavy (non-hydrogen) atoms. The average molecular weight is 248 g/mol. The van der Waals surface area contributed by atoms with Crippen LogP contribution in [-0.2, 0) is 10.1 Å². The number of nitriles is 2. The molecule has 5 nitrogen and oxygen atoms in total. The van der Waals surface area contributed by atoms with Gasteiger partial charge in [-0.1, -0.05) is 0 Å². The van der Waals surface area contributed by atoms with Gasteiger partial charge in [0.2, 0.25) is 0 Å². The molecule has 0 spiro atoms. The molecule has 1 N–H and O–H groups in total. The molecular weight excluding hydrogens is 235 g/mol. The SMILES string of the molecule is C[C@H]([C@H](C#N)CPCCC#N)S(=O)(=O)O. The summed E-state index contributed by atoms with van der Waals surface area (Å²) in [6.45, 7) is 1.32. The molecule has 3 atom stereocenters. The molecule has 0 aliphatic rings. The van der Waals surface area contributed by atoms with E-state index in [4.69, 9.17) is 15.1 Å². The Balaban J connectivity index is 4.18. The second-order valence-corrected chi connectivity index (χ2v) is 6.25. The molecule has 0 saturated heterocycles. The highest BCUT2D eigenvalue weighted by molar-refractivity contribution is 7.86. The van der Waals surface area contributed by atoms with E-state index in [9.17, 15) is 8.42 Å². The highest BCUT2D eigenvalue weighted by Crippen LogP contribution is 2.21. The molecular formula is C8H13N2O3PS. The molecule has 0 aromatic carbocycles. The van der Waals surface area contributed by atoms with Crippen molar-refractivity contribution in [2.24, 2.45) is 5.92 Å². The van der Waals surface area contributed by atoms with Crippen molar-refractivity contribution in [3.63, 3.8) is 0 Å². The van der Waals surface area contributed by atoms with E-state index in [0.717, 1.165) is 0 Å². The molecule has 0 aliphatic carbocycles. The fourth-order valence-corrected chi connectivity index (χ4v) is 2.92. The van der Waals surface area contributed by atoms with E-state index in [1.807, 2.05) is 12.1 Å². The minimum absolute atomic E-state index is 0.377. The van der Waals surface area contributed by atoms with Crippen LogP contribution in [0.4, 0.5) is 0 Å². The Labute approximate surface area is 91.6 Å². The second-order valence-electron chi connectivity index (χ2n) is 3.07. The first-order valence-electron chi connectivity index (χ1n) is 4.37. The molecule has 0 rings (SSSR count). The molecule has 0 aromatic rings. The molecule has 0 amide bonds. The van der Waals surface area contributed by atoms with Gasteiger partial charge in [0, 0.05) is 6.42 Å². The van der Waals surface area contributed by atoms with E-state index >= 15 is 0 Å². The Kier molecular flexibility index (Phi) is 6.43. The highest BCUT2D eigenvalue weighted by Gasteiger charge is 2.27. The minimum Gasteiger partial charge on any atom is -0.285 e. The van der Waals surface area contributed by atoms with Gasteiger partial charge in [0.15, 0.2) is 0 Å². The maximum Gasteiger partial charge on any atom is 0.268 e. The summed E-state index contributed by atoms with van der Waals surface area (Å²) in [6, 6.07) is 3.85. The molecule has 1 unspecified atom stereocenters. The van der Waals surface area contributed by atoms with Gasteiger partial charge in [-0.3, -0.25) is 4.55 Å². The summed E-state index contributed by atoms with van der Waals surface area (Å²) in [6.07, 6.45) is 1.50. The van der Waals surface area contributed by atoms with E-state index in [0.29, 0.717) is 27.3 Å². The van der Waals surface area contributed by atoms with Gasteiger partial charge >= 0.3 is 0 Å². The molecule has 0 heterocycles. The van der Waals surface area contributed by atoms with Gasteiger partial charge in [-0.05, 0) is 19.2 Å². The minimum atomic E-state index is -4.14. The standard InChI is InChI=1S/C8H13N2O3PS/c1-7(15(11,12)13)8(5-10)6-14-4-2-3-9/h7-8,14H,2,4,6H2,1H3,(H,11,12,13)/t7-,8-/m1/s1. The molecule has 0 bridgehead atoms. The molecule has 0 fully saturated rings. The van der Waals surface area contributed by atoms with E-state index in [1.165, 1.54) is 6.92 Å². The zero-order valence-corrected chi connectivity index (χ0v) is 10.2. The van der Waals surface area contributed by atoms with Crippen molar-refractivity contribution in [2.75, 3.05) is 12.3 Å². The van der Waals surface area contributed by atoms with Crippen molar-refractivity contribution in [3.8, 4) is 12.1 Å². The second kappa shape index (κ2) is 6.74. The number of rotatable bonds is 6. The van der Waals surface area contributed by atoms with E-state index in [-0.39, 0.29) is 0 Å². The van der Waals surface area contributed by atoms with Crippen LogP contribution in [0.1, 0.15) is 13.3 Å². The zero-order valence-electron chi connectivity index (χ0n) is 8.34. The third-order valence-electron chi connectivity index (χ3n) is 1.98. The summed E-state index contributed by atoms with van der Waals surface area (Å²) in [5.41, 5.74) is 0. The summed E-state index contributed by atoms with van der Waals surface area (Å²) < 4.78 is 30.3. The van der Waals surface area contributed by atoms with Gasteiger partial charge in [-0.25, -0.2) is 0 Å². The van der Waals surface area contributed by atoms with Crippen molar-refractivity contribution < 1.29 is 13.0 Å². The monoisotopic (exact) mass is 248 g/mol. The van der Waals surface area contributed by atoms with Crippen LogP contribution in [0, 0.1) is 28.6 Å². The first-order chi connectivity index (χ1) is 6.93. The van der Waals surface area contributed by atoms with Gasteiger partial charge in [-0.15, -0.1) is 8.58 Å². The molecule has 0 aromatic heterocycles. The number of hydrogen-bond acceptors (Lipinski definition) is 4. The lowest BCUT2D eigenvalue weighted by Crippen LogP contribution is -2.26. The lowest BCUT2D eigenvalue weighted by atomic mass is 10.1. The summed E-state index contributed by atoms with van der Waals surface area (Å²) in [7, 11) is -3.76. The van der Waals surface area contributed by atoms with E-state index in [1.54, 1.807) is 0 Å². The Morgan fingerprint density at radius 2 is 2.07 bits per heavy atom. The molecule has 0 aliphatic heterocycles. The fraction of sp³-hybridized carbons (Fsp3) is 0.750. The predicted molar refractivity (Wildman–Crippen MR) is 58.4 cm³/mol. The van der Waals surface area contributed by atoms with Crippen LogP contribution >= 0.6 is 8.58 Å². The first kappa shape index (κ1) is 14.3. The van der Waals surface area contributed by atoms with E-state index < -0.39 is 21.3 Å². The van der Waals surface area contributed by atoms with Gasteiger partial charge in [0.1, 0.15) is 0 Å². The summed E-state index contributed by atoms with van der Waals surface area (Å²) in [5.74, 6) is -0.697. The molecule has 84 valence electrons. The lowest BCUT2D eigenvalue weighted by Gasteiger charge is -2.13. The zero-order chi connectivity index (χ0) is 11.9. The van der Waals surface area contributed by atoms with Crippen LogP contribution in [0.2, 0.25) is 0 Å². The largest absolute Gasteiger partial charge is 0.285 e. The van der Waals surface area contributed by atoms with Gasteiger partial charge < -0.3 is 0 Å². The molecule has 7 heteroatoms. The Hall–Kier alpha value is -0.680. The fourth-order valence-electron chi connectivity index (χ4n) is 0.926. The Morgan fingerprint density at radius 3 is 2.47 bits per heavy atom. The summed E-state index contributed by atoms with van der Waals surface area (Å²) in [4.78, 5) is 0. The van der Waals surface area contributed by atoms with Gasteiger partial charge in [0.05, 0.1) is 23.3 Å². The Morgan fingerprint density at radius 1 is 1.47 bits per heavy atom. The maximum atomic E-state index is 10.8. The van der Waals surface area contributed by atoms with Gasteiger partial charge in [0.25, 0.3) is 10.1 Å². The maximum absolute atomic E-state index is 10.8. The van der Waals surface area contributed by atoms with E-state index in [2.05, 4.69) is 0 Å². The van der Waals surface area contributed by atoms with Gasteiger partial charge in [-0.2, -0.15) is 18.9 Å². The summed E-state index contributed by atoms with van der Waals surface area (Å²) in [5, 5.41) is 16.0. The van der Waals surface area contributed by atoms with Crippen molar-refractivity contribution in [1.29, 1.82) is 10.5 Å². The number of nitrogens with zero attached hydrogens (tertiary/aromatic N) is 2. The molecule has 0 saturated carbocycles. The third-order valence-corrected chi connectivity index (χ3v) is 4.58. The van der Waals surface area contributed by atoms with Crippen LogP contribution < -0.4 is 0 Å². The lowest BCUT2D eigenvalue weighted by molar-refractivity contribution is 0.459. The quantitative estimate of drug-likeness (QED) is 0.429. The summed E-state index contributed by atoms with van der Waals surface area (Å²) >= 11 is 0. The predicted octanol–water partition coefficient (Wildman–Crippen LogP) is 0.995. The Bertz CT molecular complexity index is 368. The average Bonchev–Trinajstić information content (AvgIpc) is 2.16. The first-order valence-corrected chi connectivity index (χ1v) is 7.28. The van der Waals surface area contributed by atoms with Crippen molar-refractivity contribution >= 4 is 18.7 Å². The van der Waals surface area contributed by atoms with Crippen LogP contribution in [0.3, 0.4) is 0 Å². The van der Waals surface area contributed by atoms with Crippen molar-refractivity contribution in [2.45, 2.75) is 18.6 Å². The third kappa shape index (κ3) is 5.69. The highest BCUT2D eigenvalue weighted by atomic mass is 32.2. The number of hydrogen-bond donors (Lipinski definition) is 1. The molecule has 0 radical (unpaired) electrons. The topological polar surface area (TPSA) is 102 Å². The van der Waals surface area contributed by atoms with Crippen LogP contribution in [0.25, 0.3) is 0 Å². The van der Waals surface area contributed by atoms with Crippen LogP contribution in [-0.4, -0.2) is 30.5 Å². The van der Waals surface area contributed by atoms with Crippen LogP contribution in [0.15, 0.2) is 0 Å². The van der Waals surface area contributed by atoms with Crippen molar-refractivity contribution in [3.05, 3.63) is 0 Å². The normalized spacial score (nSPS) is 15.7. The smallest absolute Gasteiger partial charge is 0.268 e.